The van der Waals surface area contributed by atoms with Gasteiger partial charge in [-0.25, -0.2) is 9.80 Å². The minimum atomic E-state index is -1.21. The lowest BCUT2D eigenvalue weighted by atomic mass is 10.0. The fraction of sp³-hybridized carbons (Fsp3) is 0.314. The molecule has 1 fully saturated rings. The molecule has 1 aliphatic heterocycles. The standard InChI is InChI=1S/C35H38N6O7/c1-2-16-41(39-31(43)19-25-12-7-4-8-13-25)35(48)40-23-28(42)21-30(40)34(47)38-29(18-26-14-9-15-36-22-26)33(46)37-27(20-32(44)45)17-24-10-5-3-6-11-24/h1,3-15,22,27-30,42H,16-21,23H2,(H,37,46)(H,38,47)(H,39,43)(H,44,45)/t27-,28+,29-,30-/m0/s1. The zero-order valence-corrected chi connectivity index (χ0v) is 26.2. The number of aliphatic hydroxyl groups is 1. The summed E-state index contributed by atoms with van der Waals surface area (Å²) in [6.07, 6.45) is 7.26. The van der Waals surface area contributed by atoms with Crippen LogP contribution in [0.3, 0.4) is 0 Å². The van der Waals surface area contributed by atoms with Gasteiger partial charge < -0.3 is 25.7 Å². The maximum Gasteiger partial charge on any atom is 0.340 e. The molecule has 1 aromatic heterocycles. The fourth-order valence-electron chi connectivity index (χ4n) is 5.46. The number of amides is 5. The molecule has 1 aliphatic rings. The van der Waals surface area contributed by atoms with Gasteiger partial charge in [0.15, 0.2) is 0 Å². The number of hydrogen-bond donors (Lipinski definition) is 5. The number of terminal acetylenes is 1. The lowest BCUT2D eigenvalue weighted by Crippen LogP contribution is -2.58. The number of hydrazine groups is 1. The largest absolute Gasteiger partial charge is 0.481 e. The number of carbonyl (C=O) groups is 5. The van der Waals surface area contributed by atoms with Crippen molar-refractivity contribution >= 4 is 29.7 Å². The van der Waals surface area contributed by atoms with E-state index in [9.17, 15) is 34.2 Å². The van der Waals surface area contributed by atoms with Crippen LogP contribution in [0.5, 0.6) is 0 Å². The summed E-state index contributed by atoms with van der Waals surface area (Å²) >= 11 is 0. The topological polar surface area (TPSA) is 181 Å². The van der Waals surface area contributed by atoms with Gasteiger partial charge >= 0.3 is 12.0 Å². The lowest BCUT2D eigenvalue weighted by Gasteiger charge is -2.31. The first-order chi connectivity index (χ1) is 23.1. The van der Waals surface area contributed by atoms with Crippen LogP contribution in [-0.4, -0.2) is 92.1 Å². The average molecular weight is 655 g/mol. The van der Waals surface area contributed by atoms with E-state index >= 15 is 0 Å². The Morgan fingerprint density at radius 3 is 2.23 bits per heavy atom. The number of hydrogen-bond acceptors (Lipinski definition) is 7. The van der Waals surface area contributed by atoms with Gasteiger partial charge in [-0.1, -0.05) is 72.7 Å². The molecular weight excluding hydrogens is 616 g/mol. The average Bonchev–Trinajstić information content (AvgIpc) is 3.46. The zero-order valence-electron chi connectivity index (χ0n) is 26.2. The highest BCUT2D eigenvalue weighted by Crippen LogP contribution is 2.20. The first-order valence-corrected chi connectivity index (χ1v) is 15.4. The number of likely N-dealkylation sites (tertiary alicyclic amines) is 1. The second-order valence-corrected chi connectivity index (χ2v) is 11.4. The summed E-state index contributed by atoms with van der Waals surface area (Å²) in [7, 11) is 0. The molecule has 2 aromatic carbocycles. The Hall–Kier alpha value is -5.74. The monoisotopic (exact) mass is 654 g/mol. The molecule has 48 heavy (non-hydrogen) atoms. The Kier molecular flexibility index (Phi) is 12.6. The summed E-state index contributed by atoms with van der Waals surface area (Å²) in [4.78, 5) is 70.6. The first kappa shape index (κ1) is 35.1. The molecule has 0 saturated carbocycles. The van der Waals surface area contributed by atoms with E-state index in [0.717, 1.165) is 15.5 Å². The zero-order chi connectivity index (χ0) is 34.5. The molecule has 4 atom stereocenters. The molecule has 13 heteroatoms. The van der Waals surface area contributed by atoms with E-state index < -0.39 is 54.0 Å². The SMILES string of the molecule is C#CCN(NC(=O)Cc1ccccc1)C(=O)N1C[C@H](O)C[C@H]1C(=O)N[C@@H](Cc1cccnc1)C(=O)N[C@H](CC(=O)O)Cc1ccccc1. The van der Waals surface area contributed by atoms with Gasteiger partial charge in [0.25, 0.3) is 0 Å². The number of pyridine rings is 1. The summed E-state index contributed by atoms with van der Waals surface area (Å²) < 4.78 is 0. The molecule has 3 aromatic rings. The third-order valence-corrected chi connectivity index (χ3v) is 7.66. The van der Waals surface area contributed by atoms with Crippen LogP contribution in [0.25, 0.3) is 0 Å². The van der Waals surface area contributed by atoms with Gasteiger partial charge in [-0.3, -0.25) is 29.6 Å². The van der Waals surface area contributed by atoms with Gasteiger partial charge in [0.2, 0.25) is 17.7 Å². The van der Waals surface area contributed by atoms with Crippen LogP contribution in [-0.2, 0) is 38.4 Å². The van der Waals surface area contributed by atoms with E-state index in [1.807, 2.05) is 36.4 Å². The minimum Gasteiger partial charge on any atom is -0.481 e. The molecular formula is C35H38N6O7. The molecule has 1 saturated heterocycles. The summed E-state index contributed by atoms with van der Waals surface area (Å²) in [6, 6.07) is 17.4. The van der Waals surface area contributed by atoms with Crippen molar-refractivity contribution in [3.05, 3.63) is 102 Å². The Morgan fingerprint density at radius 2 is 1.60 bits per heavy atom. The smallest absolute Gasteiger partial charge is 0.340 e. The number of aliphatic hydroxyl groups excluding tert-OH is 1. The third-order valence-electron chi connectivity index (χ3n) is 7.66. The van der Waals surface area contributed by atoms with E-state index in [1.165, 1.54) is 6.20 Å². The highest BCUT2D eigenvalue weighted by Gasteiger charge is 2.42. The van der Waals surface area contributed by atoms with Crippen LogP contribution < -0.4 is 16.1 Å². The Morgan fingerprint density at radius 1 is 0.938 bits per heavy atom. The maximum atomic E-state index is 13.8. The molecule has 13 nitrogen and oxygen atoms in total. The number of nitrogens with zero attached hydrogens (tertiary/aromatic N) is 3. The number of carboxylic acids is 1. The van der Waals surface area contributed by atoms with Crippen molar-refractivity contribution in [3.8, 4) is 12.3 Å². The van der Waals surface area contributed by atoms with Gasteiger partial charge in [-0.05, 0) is 29.2 Å². The maximum absolute atomic E-state index is 13.8. The molecule has 0 aliphatic carbocycles. The van der Waals surface area contributed by atoms with Crippen LogP contribution in [0, 0.1) is 12.3 Å². The number of aliphatic carboxylic acids is 1. The number of urea groups is 1. The van der Waals surface area contributed by atoms with Gasteiger partial charge in [0, 0.05) is 37.8 Å². The molecule has 4 rings (SSSR count). The number of nitrogens with one attached hydrogen (secondary N) is 3. The molecule has 0 radical (unpaired) electrons. The fourth-order valence-corrected chi connectivity index (χ4v) is 5.46. The van der Waals surface area contributed by atoms with Crippen molar-refractivity contribution in [2.75, 3.05) is 13.1 Å². The molecule has 0 unspecified atom stereocenters. The number of carbonyl (C=O) groups excluding carboxylic acids is 4. The number of aromatic nitrogens is 1. The predicted octanol–water partition coefficient (Wildman–Crippen LogP) is 1.08. The summed E-state index contributed by atoms with van der Waals surface area (Å²) in [5.74, 6) is -0.651. The predicted molar refractivity (Wildman–Crippen MR) is 175 cm³/mol. The van der Waals surface area contributed by atoms with Crippen LogP contribution in [0.1, 0.15) is 29.5 Å². The normalized spacial score (nSPS) is 16.5. The Balaban J connectivity index is 1.50. The first-order valence-electron chi connectivity index (χ1n) is 15.4. The quantitative estimate of drug-likeness (QED) is 0.134. The molecule has 0 spiro atoms. The number of rotatable bonds is 13. The van der Waals surface area contributed by atoms with Crippen LogP contribution in [0.15, 0.2) is 85.2 Å². The van der Waals surface area contributed by atoms with Crippen molar-refractivity contribution in [2.24, 2.45) is 0 Å². The van der Waals surface area contributed by atoms with E-state index in [4.69, 9.17) is 6.42 Å². The van der Waals surface area contributed by atoms with E-state index in [-0.39, 0.29) is 45.2 Å². The van der Waals surface area contributed by atoms with Crippen LogP contribution in [0.4, 0.5) is 4.79 Å². The van der Waals surface area contributed by atoms with Crippen molar-refractivity contribution in [1.29, 1.82) is 0 Å². The summed E-state index contributed by atoms with van der Waals surface area (Å²) in [6.45, 7) is -0.525. The Labute approximate surface area is 278 Å². The highest BCUT2D eigenvalue weighted by molar-refractivity contribution is 5.93. The van der Waals surface area contributed by atoms with E-state index in [0.29, 0.717) is 11.1 Å². The number of β-amino-alcohol motifs (C(OH)–C–C–N with tert-alkyl or cyclic N) is 1. The van der Waals surface area contributed by atoms with Crippen molar-refractivity contribution in [2.45, 2.75) is 56.3 Å². The summed E-state index contributed by atoms with van der Waals surface area (Å²) in [5.41, 5.74) is 4.65. The number of benzene rings is 2. The molecule has 5 amide bonds. The molecule has 0 bridgehead atoms. The third kappa shape index (κ3) is 10.4. The van der Waals surface area contributed by atoms with E-state index in [1.54, 1.807) is 42.6 Å². The molecule has 2 heterocycles. The van der Waals surface area contributed by atoms with Gasteiger partial charge in [-0.2, -0.15) is 0 Å². The van der Waals surface area contributed by atoms with Crippen LogP contribution in [0.2, 0.25) is 0 Å². The lowest BCUT2D eigenvalue weighted by molar-refractivity contribution is -0.138. The Bertz CT molecular complexity index is 1600. The van der Waals surface area contributed by atoms with Gasteiger partial charge in [0.05, 0.1) is 18.9 Å². The molecule has 5 N–H and O–H groups in total. The van der Waals surface area contributed by atoms with Crippen LogP contribution >= 0.6 is 0 Å². The molecule has 250 valence electrons. The summed E-state index contributed by atoms with van der Waals surface area (Å²) in [5, 5.41) is 26.4. The minimum absolute atomic E-state index is 0.0124. The number of carboxylic acid groups (broad SMARTS) is 1. The van der Waals surface area contributed by atoms with E-state index in [2.05, 4.69) is 27.0 Å². The second-order valence-electron chi connectivity index (χ2n) is 11.4. The van der Waals surface area contributed by atoms with Crippen molar-refractivity contribution < 1.29 is 34.2 Å². The van der Waals surface area contributed by atoms with Gasteiger partial charge in [-0.15, -0.1) is 6.42 Å². The highest BCUT2D eigenvalue weighted by atomic mass is 16.4. The van der Waals surface area contributed by atoms with Crippen molar-refractivity contribution in [3.63, 3.8) is 0 Å². The van der Waals surface area contributed by atoms with Gasteiger partial charge in [0.1, 0.15) is 18.6 Å². The second kappa shape index (κ2) is 17.3. The van der Waals surface area contributed by atoms with Crippen molar-refractivity contribution in [1.82, 2.24) is 31.0 Å².